The van der Waals surface area contributed by atoms with Crippen LogP contribution in [0.5, 0.6) is 0 Å². The summed E-state index contributed by atoms with van der Waals surface area (Å²) in [5, 5.41) is 9.47. The lowest BCUT2D eigenvalue weighted by Gasteiger charge is -2.08. The van der Waals surface area contributed by atoms with Crippen molar-refractivity contribution in [3.63, 3.8) is 0 Å². The maximum Gasteiger partial charge on any atom is 0.246 e. The molecule has 1 unspecified atom stereocenters. The maximum atomic E-state index is 12.2. The Kier molecular flexibility index (Phi) is 4.65. The van der Waals surface area contributed by atoms with Gasteiger partial charge in [0.05, 0.1) is 12.5 Å². The first-order valence-electron chi connectivity index (χ1n) is 8.71. The summed E-state index contributed by atoms with van der Waals surface area (Å²) < 4.78 is 5.18. The van der Waals surface area contributed by atoms with Crippen molar-refractivity contribution in [3.05, 3.63) is 77.4 Å². The zero-order valence-corrected chi connectivity index (χ0v) is 14.5. The van der Waals surface area contributed by atoms with Gasteiger partial charge in [-0.3, -0.25) is 9.59 Å². The van der Waals surface area contributed by atoms with E-state index in [1.165, 1.54) is 0 Å². The molecule has 7 heteroatoms. The first kappa shape index (κ1) is 17.0. The van der Waals surface area contributed by atoms with E-state index in [9.17, 15) is 9.59 Å². The third kappa shape index (κ3) is 3.87. The number of amides is 2. The summed E-state index contributed by atoms with van der Waals surface area (Å²) >= 11 is 0. The molecule has 2 heterocycles. The Morgan fingerprint density at radius 2 is 1.89 bits per heavy atom. The molecule has 2 N–H and O–H groups in total. The van der Waals surface area contributed by atoms with Crippen molar-refractivity contribution in [1.82, 2.24) is 15.5 Å². The quantitative estimate of drug-likeness (QED) is 0.702. The molecule has 0 saturated carbocycles. The smallest absolute Gasteiger partial charge is 0.246 e. The summed E-state index contributed by atoms with van der Waals surface area (Å²) in [7, 11) is 0. The van der Waals surface area contributed by atoms with Gasteiger partial charge in [-0.1, -0.05) is 53.7 Å². The van der Waals surface area contributed by atoms with Crippen LogP contribution in [-0.2, 0) is 22.6 Å². The average Bonchev–Trinajstić information content (AvgIpc) is 3.25. The number of fused-ring (bicyclic) bond motifs is 1. The highest BCUT2D eigenvalue weighted by Crippen LogP contribution is 2.34. The van der Waals surface area contributed by atoms with Crippen molar-refractivity contribution in [2.24, 2.45) is 0 Å². The van der Waals surface area contributed by atoms with Crippen LogP contribution in [0.4, 0.5) is 5.69 Å². The normalized spacial score (nSPS) is 15.3. The lowest BCUT2D eigenvalue weighted by molar-refractivity contribution is -0.125. The number of carbonyl (C=O) groups excluding carboxylic acids is 2. The lowest BCUT2D eigenvalue weighted by Crippen LogP contribution is -2.26. The van der Waals surface area contributed by atoms with Gasteiger partial charge in [0.25, 0.3) is 0 Å². The molecule has 0 bridgehead atoms. The lowest BCUT2D eigenvalue weighted by atomic mass is 9.97. The van der Waals surface area contributed by atoms with Crippen LogP contribution < -0.4 is 10.6 Å². The Morgan fingerprint density at radius 3 is 2.74 bits per heavy atom. The number of nitrogens with zero attached hydrogens (tertiary/aromatic N) is 2. The minimum atomic E-state index is -0.475. The van der Waals surface area contributed by atoms with E-state index in [1.54, 1.807) is 0 Å². The second-order valence-electron chi connectivity index (χ2n) is 6.38. The molecule has 1 aromatic heterocycles. The Bertz CT molecular complexity index is 968. The van der Waals surface area contributed by atoms with E-state index in [0.29, 0.717) is 18.1 Å². The summed E-state index contributed by atoms with van der Waals surface area (Å²) in [5.74, 6) is 0.0292. The van der Waals surface area contributed by atoms with Gasteiger partial charge >= 0.3 is 0 Å². The van der Waals surface area contributed by atoms with Crippen LogP contribution in [0, 0.1) is 0 Å². The standard InChI is InChI=1S/C20H18N4O3/c25-18(11-15-14-8-4-5-9-16(14)22-20(15)26)21-12-19-23-17(24-27-19)10-13-6-2-1-3-7-13/h1-9,15H,10-12H2,(H,21,25)(H,22,26). The van der Waals surface area contributed by atoms with Crippen LogP contribution in [0.1, 0.15) is 35.2 Å². The molecule has 0 spiro atoms. The monoisotopic (exact) mass is 362 g/mol. The van der Waals surface area contributed by atoms with Crippen LogP contribution in [0.15, 0.2) is 59.1 Å². The number of anilines is 1. The van der Waals surface area contributed by atoms with Gasteiger partial charge in [0.15, 0.2) is 5.82 Å². The Balaban J connectivity index is 1.32. The van der Waals surface area contributed by atoms with Crippen LogP contribution in [0.2, 0.25) is 0 Å². The molecular weight excluding hydrogens is 344 g/mol. The van der Waals surface area contributed by atoms with Gasteiger partial charge in [-0.2, -0.15) is 4.98 Å². The number of carbonyl (C=O) groups is 2. The summed E-state index contributed by atoms with van der Waals surface area (Å²) in [6.45, 7) is 0.136. The van der Waals surface area contributed by atoms with Gasteiger partial charge in [0.2, 0.25) is 17.7 Å². The van der Waals surface area contributed by atoms with E-state index in [0.717, 1.165) is 16.8 Å². The SMILES string of the molecule is O=C(CC1C(=O)Nc2ccccc21)NCc1nc(Cc2ccccc2)no1. The highest BCUT2D eigenvalue weighted by molar-refractivity contribution is 6.04. The van der Waals surface area contributed by atoms with Gasteiger partial charge in [-0.15, -0.1) is 0 Å². The zero-order chi connectivity index (χ0) is 18.6. The Hall–Kier alpha value is -3.48. The summed E-state index contributed by atoms with van der Waals surface area (Å²) in [6.07, 6.45) is 0.644. The maximum absolute atomic E-state index is 12.2. The fourth-order valence-corrected chi connectivity index (χ4v) is 3.12. The van der Waals surface area contributed by atoms with E-state index in [2.05, 4.69) is 20.8 Å². The number of benzene rings is 2. The fraction of sp³-hybridized carbons (Fsp3) is 0.200. The molecule has 7 nitrogen and oxygen atoms in total. The zero-order valence-electron chi connectivity index (χ0n) is 14.5. The second kappa shape index (κ2) is 7.41. The minimum Gasteiger partial charge on any atom is -0.347 e. The third-order valence-electron chi connectivity index (χ3n) is 4.45. The number of nitrogens with one attached hydrogen (secondary N) is 2. The first-order chi connectivity index (χ1) is 13.2. The highest BCUT2D eigenvalue weighted by Gasteiger charge is 2.31. The molecule has 2 aromatic carbocycles. The molecule has 136 valence electrons. The van der Waals surface area contributed by atoms with E-state index < -0.39 is 5.92 Å². The molecule has 0 aliphatic carbocycles. The van der Waals surface area contributed by atoms with Gasteiger partial charge in [0, 0.05) is 18.5 Å². The number of rotatable bonds is 6. The minimum absolute atomic E-state index is 0.0772. The first-order valence-corrected chi connectivity index (χ1v) is 8.71. The van der Waals surface area contributed by atoms with Crippen molar-refractivity contribution < 1.29 is 14.1 Å². The topological polar surface area (TPSA) is 97.1 Å². The van der Waals surface area contributed by atoms with Gasteiger partial charge in [-0.25, -0.2) is 0 Å². The fourth-order valence-electron chi connectivity index (χ4n) is 3.12. The van der Waals surface area contributed by atoms with Crippen LogP contribution in [-0.4, -0.2) is 22.0 Å². The molecule has 0 saturated heterocycles. The molecular formula is C20H18N4O3. The van der Waals surface area contributed by atoms with E-state index in [4.69, 9.17) is 4.52 Å². The molecule has 1 atom stereocenters. The van der Waals surface area contributed by atoms with Crippen molar-refractivity contribution in [2.75, 3.05) is 5.32 Å². The molecule has 3 aromatic rings. The van der Waals surface area contributed by atoms with E-state index in [-0.39, 0.29) is 24.8 Å². The largest absolute Gasteiger partial charge is 0.347 e. The van der Waals surface area contributed by atoms with Gasteiger partial charge < -0.3 is 15.2 Å². The predicted molar refractivity (Wildman–Crippen MR) is 97.8 cm³/mol. The Morgan fingerprint density at radius 1 is 1.11 bits per heavy atom. The number of para-hydroxylation sites is 1. The molecule has 4 rings (SSSR count). The summed E-state index contributed by atoms with van der Waals surface area (Å²) in [5.41, 5.74) is 2.70. The van der Waals surface area contributed by atoms with Crippen molar-refractivity contribution in [2.45, 2.75) is 25.3 Å². The molecule has 0 fully saturated rings. The molecule has 1 aliphatic heterocycles. The van der Waals surface area contributed by atoms with Gasteiger partial charge in [-0.05, 0) is 17.2 Å². The summed E-state index contributed by atoms with van der Waals surface area (Å²) in [6, 6.07) is 17.2. The van der Waals surface area contributed by atoms with Gasteiger partial charge in [0.1, 0.15) is 0 Å². The molecule has 1 aliphatic rings. The average molecular weight is 362 g/mol. The van der Waals surface area contributed by atoms with Crippen LogP contribution >= 0.6 is 0 Å². The van der Waals surface area contributed by atoms with Crippen LogP contribution in [0.25, 0.3) is 0 Å². The second-order valence-corrected chi connectivity index (χ2v) is 6.38. The Labute approximate surface area is 155 Å². The number of hydrogen-bond acceptors (Lipinski definition) is 5. The molecule has 2 amide bonds. The van der Waals surface area contributed by atoms with Crippen LogP contribution in [0.3, 0.4) is 0 Å². The van der Waals surface area contributed by atoms with E-state index in [1.807, 2.05) is 54.6 Å². The van der Waals surface area contributed by atoms with Crippen molar-refractivity contribution >= 4 is 17.5 Å². The number of hydrogen-bond donors (Lipinski definition) is 2. The van der Waals surface area contributed by atoms with Crippen molar-refractivity contribution in [1.29, 1.82) is 0 Å². The number of aromatic nitrogens is 2. The highest BCUT2D eigenvalue weighted by atomic mass is 16.5. The predicted octanol–water partition coefficient (Wildman–Crippen LogP) is 2.40. The summed E-state index contributed by atoms with van der Waals surface area (Å²) in [4.78, 5) is 28.6. The molecule has 0 radical (unpaired) electrons. The molecule has 27 heavy (non-hydrogen) atoms. The third-order valence-corrected chi connectivity index (χ3v) is 4.45. The van der Waals surface area contributed by atoms with E-state index >= 15 is 0 Å². The van der Waals surface area contributed by atoms with Crippen molar-refractivity contribution in [3.8, 4) is 0 Å².